The van der Waals surface area contributed by atoms with Crippen molar-refractivity contribution in [2.45, 2.75) is 6.92 Å². The second-order valence-corrected chi connectivity index (χ2v) is 4.48. The first-order valence-electron chi connectivity index (χ1n) is 6.12. The molecule has 0 aliphatic carbocycles. The Morgan fingerprint density at radius 1 is 0.947 bits per heavy atom. The minimum absolute atomic E-state index is 0.452. The van der Waals surface area contributed by atoms with Crippen LogP contribution in [0.3, 0.4) is 0 Å². The van der Waals surface area contributed by atoms with Gasteiger partial charge in [-0.2, -0.15) is 4.39 Å². The van der Waals surface area contributed by atoms with Crippen molar-refractivity contribution in [2.75, 3.05) is 0 Å². The lowest BCUT2D eigenvalue weighted by atomic mass is 10.1. The molecule has 3 rings (SSSR count). The van der Waals surface area contributed by atoms with Crippen molar-refractivity contribution in [1.29, 1.82) is 0 Å². The van der Waals surface area contributed by atoms with Gasteiger partial charge in [0, 0.05) is 6.20 Å². The topological polar surface area (TPSA) is 17.8 Å². The third-order valence-electron chi connectivity index (χ3n) is 3.05. The van der Waals surface area contributed by atoms with Gasteiger partial charge < -0.3 is 0 Å². The maximum Gasteiger partial charge on any atom is 0.240 e. The van der Waals surface area contributed by atoms with Crippen LogP contribution in [-0.2, 0) is 0 Å². The van der Waals surface area contributed by atoms with E-state index in [0.29, 0.717) is 5.56 Å². The van der Waals surface area contributed by atoms with E-state index in [9.17, 15) is 4.39 Å². The van der Waals surface area contributed by atoms with E-state index < -0.39 is 5.95 Å². The quantitative estimate of drug-likeness (QED) is 0.674. The van der Waals surface area contributed by atoms with Gasteiger partial charge in [0.05, 0.1) is 11.3 Å². The molecule has 0 saturated carbocycles. The summed E-state index contributed by atoms with van der Waals surface area (Å²) in [5.41, 5.74) is 3.37. The summed E-state index contributed by atoms with van der Waals surface area (Å²) in [4.78, 5) is 0. The molecule has 0 bridgehead atoms. The standard InChI is InChI=1S/C16H13FN2/c1-12-7-9-14(10-8-12)19-11-15(16(17)18-19)13-5-3-2-4-6-13/h2-11H,1H3. The maximum atomic E-state index is 13.9. The smallest absolute Gasteiger partial charge is 0.237 e. The predicted molar refractivity (Wildman–Crippen MR) is 73.7 cm³/mol. The zero-order valence-corrected chi connectivity index (χ0v) is 10.5. The highest BCUT2D eigenvalue weighted by Gasteiger charge is 2.11. The second kappa shape index (κ2) is 4.69. The van der Waals surface area contributed by atoms with Gasteiger partial charge in [-0.25, -0.2) is 4.68 Å². The van der Waals surface area contributed by atoms with Crippen LogP contribution in [-0.4, -0.2) is 9.78 Å². The van der Waals surface area contributed by atoms with Crippen LogP contribution >= 0.6 is 0 Å². The van der Waals surface area contributed by atoms with Crippen LogP contribution in [0.5, 0.6) is 0 Å². The zero-order chi connectivity index (χ0) is 13.2. The fourth-order valence-electron chi connectivity index (χ4n) is 1.99. The molecule has 0 amide bonds. The zero-order valence-electron chi connectivity index (χ0n) is 10.5. The molecule has 1 heterocycles. The van der Waals surface area contributed by atoms with Crippen LogP contribution < -0.4 is 0 Å². The highest BCUT2D eigenvalue weighted by atomic mass is 19.1. The van der Waals surface area contributed by atoms with E-state index in [1.165, 1.54) is 5.56 Å². The Balaban J connectivity index is 2.04. The number of aromatic nitrogens is 2. The van der Waals surface area contributed by atoms with Gasteiger partial charge in [-0.3, -0.25) is 0 Å². The Morgan fingerprint density at radius 2 is 1.63 bits per heavy atom. The molecular weight excluding hydrogens is 239 g/mol. The molecule has 0 saturated heterocycles. The van der Waals surface area contributed by atoms with Gasteiger partial charge >= 0.3 is 0 Å². The van der Waals surface area contributed by atoms with Crippen molar-refractivity contribution >= 4 is 0 Å². The molecule has 94 valence electrons. The molecule has 0 N–H and O–H groups in total. The van der Waals surface area contributed by atoms with Crippen molar-refractivity contribution < 1.29 is 4.39 Å². The van der Waals surface area contributed by atoms with Gasteiger partial charge in [0.2, 0.25) is 5.95 Å². The highest BCUT2D eigenvalue weighted by Crippen LogP contribution is 2.23. The number of nitrogens with zero attached hydrogens (tertiary/aromatic N) is 2. The van der Waals surface area contributed by atoms with Crippen molar-refractivity contribution in [3.63, 3.8) is 0 Å². The molecule has 1 aromatic heterocycles. The SMILES string of the molecule is Cc1ccc(-n2cc(-c3ccccc3)c(F)n2)cc1. The molecule has 2 aromatic carbocycles. The van der Waals surface area contributed by atoms with E-state index in [1.807, 2.05) is 61.5 Å². The van der Waals surface area contributed by atoms with Crippen LogP contribution in [0.1, 0.15) is 5.56 Å². The van der Waals surface area contributed by atoms with Gasteiger partial charge in [0.15, 0.2) is 0 Å². The Bertz CT molecular complexity index is 685. The molecule has 0 aliphatic rings. The van der Waals surface area contributed by atoms with E-state index in [2.05, 4.69) is 5.10 Å². The monoisotopic (exact) mass is 252 g/mol. The fraction of sp³-hybridized carbons (Fsp3) is 0.0625. The molecular formula is C16H13FN2. The molecule has 0 atom stereocenters. The first kappa shape index (κ1) is 11.7. The van der Waals surface area contributed by atoms with Crippen LogP contribution in [0.25, 0.3) is 16.8 Å². The summed E-state index contributed by atoms with van der Waals surface area (Å²) < 4.78 is 15.5. The average molecular weight is 252 g/mol. The van der Waals surface area contributed by atoms with E-state index in [-0.39, 0.29) is 0 Å². The Kier molecular flexibility index (Phi) is 2.88. The second-order valence-electron chi connectivity index (χ2n) is 4.48. The number of benzene rings is 2. The highest BCUT2D eigenvalue weighted by molar-refractivity contribution is 5.62. The van der Waals surface area contributed by atoms with Crippen LogP contribution in [0.2, 0.25) is 0 Å². The summed E-state index contributed by atoms with van der Waals surface area (Å²) in [7, 11) is 0. The maximum absolute atomic E-state index is 13.9. The molecule has 0 radical (unpaired) electrons. The van der Waals surface area contributed by atoms with Gasteiger partial charge in [0.25, 0.3) is 0 Å². The lowest BCUT2D eigenvalue weighted by molar-refractivity contribution is 0.569. The average Bonchev–Trinajstić information content (AvgIpc) is 2.83. The van der Waals surface area contributed by atoms with Crippen LogP contribution in [0.4, 0.5) is 4.39 Å². The summed E-state index contributed by atoms with van der Waals surface area (Å²) in [5.74, 6) is -0.452. The summed E-state index contributed by atoms with van der Waals surface area (Å²) in [6, 6.07) is 17.3. The molecule has 3 heteroatoms. The first-order valence-corrected chi connectivity index (χ1v) is 6.12. The summed E-state index contributed by atoms with van der Waals surface area (Å²) in [6.07, 6.45) is 1.72. The minimum Gasteiger partial charge on any atom is -0.237 e. The molecule has 0 aliphatic heterocycles. The molecule has 19 heavy (non-hydrogen) atoms. The fourth-order valence-corrected chi connectivity index (χ4v) is 1.99. The largest absolute Gasteiger partial charge is 0.240 e. The Hall–Kier alpha value is -2.42. The first-order chi connectivity index (χ1) is 9.24. The third-order valence-corrected chi connectivity index (χ3v) is 3.05. The molecule has 2 nitrogen and oxygen atoms in total. The van der Waals surface area contributed by atoms with Gasteiger partial charge in [0.1, 0.15) is 0 Å². The number of rotatable bonds is 2. The lowest BCUT2D eigenvalue weighted by Gasteiger charge is -2.00. The summed E-state index contributed by atoms with van der Waals surface area (Å²) >= 11 is 0. The summed E-state index contributed by atoms with van der Waals surface area (Å²) in [6.45, 7) is 2.02. The van der Waals surface area contributed by atoms with E-state index in [1.54, 1.807) is 10.9 Å². The van der Waals surface area contributed by atoms with Crippen molar-refractivity contribution in [3.8, 4) is 16.8 Å². The predicted octanol–water partition coefficient (Wildman–Crippen LogP) is 3.99. The molecule has 0 spiro atoms. The Labute approximate surface area is 111 Å². The number of aryl methyl sites for hydroxylation is 1. The van der Waals surface area contributed by atoms with Crippen molar-refractivity contribution in [3.05, 3.63) is 72.3 Å². The number of hydrogen-bond donors (Lipinski definition) is 0. The van der Waals surface area contributed by atoms with E-state index >= 15 is 0 Å². The van der Waals surface area contributed by atoms with Crippen molar-refractivity contribution in [2.24, 2.45) is 0 Å². The number of halogens is 1. The minimum atomic E-state index is -0.452. The van der Waals surface area contributed by atoms with E-state index in [4.69, 9.17) is 0 Å². The number of hydrogen-bond acceptors (Lipinski definition) is 1. The lowest BCUT2D eigenvalue weighted by Crippen LogP contribution is -1.94. The molecule has 3 aromatic rings. The van der Waals surface area contributed by atoms with Gasteiger partial charge in [-0.1, -0.05) is 48.0 Å². The van der Waals surface area contributed by atoms with Crippen molar-refractivity contribution in [1.82, 2.24) is 9.78 Å². The van der Waals surface area contributed by atoms with Crippen LogP contribution in [0, 0.1) is 12.9 Å². The normalized spacial score (nSPS) is 10.6. The summed E-state index contributed by atoms with van der Waals surface area (Å²) in [5, 5.41) is 3.94. The van der Waals surface area contributed by atoms with E-state index in [0.717, 1.165) is 11.3 Å². The van der Waals surface area contributed by atoms with Crippen LogP contribution in [0.15, 0.2) is 60.8 Å². The molecule has 0 fully saturated rings. The third kappa shape index (κ3) is 2.27. The molecule has 0 unspecified atom stereocenters. The van der Waals surface area contributed by atoms with Gasteiger partial charge in [-0.15, -0.1) is 5.10 Å². The van der Waals surface area contributed by atoms with Gasteiger partial charge in [-0.05, 0) is 24.6 Å². The Morgan fingerprint density at radius 3 is 2.32 bits per heavy atom.